The molecular weight excluding hydrogens is 251 g/mol. The summed E-state index contributed by atoms with van der Waals surface area (Å²) in [7, 11) is 0. The van der Waals surface area contributed by atoms with E-state index in [4.69, 9.17) is 17.3 Å². The van der Waals surface area contributed by atoms with E-state index in [1.54, 1.807) is 6.07 Å². The maximum atomic E-state index is 13.4. The lowest BCUT2D eigenvalue weighted by Gasteiger charge is -2.42. The summed E-state index contributed by atoms with van der Waals surface area (Å²) in [4.78, 5) is 0. The number of nitrogens with one attached hydrogen (secondary N) is 1. The van der Waals surface area contributed by atoms with E-state index in [2.05, 4.69) is 19.2 Å². The number of hydrogen-bond donors (Lipinski definition) is 2. The summed E-state index contributed by atoms with van der Waals surface area (Å²) >= 11 is 5.88. The van der Waals surface area contributed by atoms with Crippen LogP contribution in [-0.4, -0.2) is 12.1 Å². The third-order valence-electron chi connectivity index (χ3n) is 4.30. The fraction of sp³-hybridized carbons (Fsp3) is 0.571. The monoisotopic (exact) mass is 270 g/mol. The maximum absolute atomic E-state index is 13.4. The molecule has 3 N–H and O–H groups in total. The van der Waals surface area contributed by atoms with Gasteiger partial charge in [0.15, 0.2) is 0 Å². The summed E-state index contributed by atoms with van der Waals surface area (Å²) < 4.78 is 13.4. The molecule has 1 fully saturated rings. The molecule has 18 heavy (non-hydrogen) atoms. The van der Waals surface area contributed by atoms with Gasteiger partial charge in [0.05, 0.1) is 5.54 Å². The van der Waals surface area contributed by atoms with Gasteiger partial charge in [-0.2, -0.15) is 0 Å². The summed E-state index contributed by atoms with van der Waals surface area (Å²) in [5.74, 6) is -0.326. The zero-order chi connectivity index (χ0) is 13.4. The Morgan fingerprint density at radius 3 is 2.56 bits per heavy atom. The first-order chi connectivity index (χ1) is 8.38. The second kappa shape index (κ2) is 4.71. The largest absolute Gasteiger partial charge is 0.378 e. The normalized spacial score (nSPS) is 26.3. The molecule has 1 aliphatic carbocycles. The van der Waals surface area contributed by atoms with E-state index in [1.165, 1.54) is 12.1 Å². The van der Waals surface area contributed by atoms with E-state index in [0.717, 1.165) is 19.3 Å². The Bertz CT molecular complexity index is 427. The molecule has 1 aliphatic rings. The molecule has 1 unspecified atom stereocenters. The predicted molar refractivity (Wildman–Crippen MR) is 74.5 cm³/mol. The zero-order valence-corrected chi connectivity index (χ0v) is 11.6. The highest BCUT2D eigenvalue weighted by atomic mass is 35.5. The number of benzene rings is 1. The Morgan fingerprint density at radius 2 is 2.06 bits per heavy atom. The van der Waals surface area contributed by atoms with Crippen molar-refractivity contribution >= 4 is 17.3 Å². The molecule has 0 heterocycles. The maximum Gasteiger partial charge on any atom is 0.126 e. The van der Waals surface area contributed by atoms with Crippen molar-refractivity contribution < 1.29 is 4.39 Å². The molecule has 1 atom stereocenters. The minimum Gasteiger partial charge on any atom is -0.378 e. The summed E-state index contributed by atoms with van der Waals surface area (Å²) in [6.45, 7) is 4.95. The smallest absolute Gasteiger partial charge is 0.126 e. The Kier molecular flexibility index (Phi) is 3.56. The standard InChI is InChI=1S/C14H20ClFN2/c1-13(2)4-3-5-14(13,9-17)18-12-7-10(15)6-11(16)8-12/h6-8,18H,3-5,9,17H2,1-2H3. The Labute approximate surface area is 113 Å². The van der Waals surface area contributed by atoms with E-state index in [0.29, 0.717) is 17.3 Å². The molecule has 0 aromatic heterocycles. The van der Waals surface area contributed by atoms with Crippen LogP contribution in [0.25, 0.3) is 0 Å². The first kappa shape index (κ1) is 13.6. The molecule has 2 rings (SSSR count). The number of anilines is 1. The molecule has 100 valence electrons. The lowest BCUT2D eigenvalue weighted by atomic mass is 9.74. The first-order valence-electron chi connectivity index (χ1n) is 6.33. The van der Waals surface area contributed by atoms with E-state index in [1.807, 2.05) is 0 Å². The third kappa shape index (κ3) is 2.34. The number of hydrogen-bond acceptors (Lipinski definition) is 2. The molecular formula is C14H20ClFN2. The fourth-order valence-corrected chi connectivity index (χ4v) is 3.19. The van der Waals surface area contributed by atoms with Gasteiger partial charge in [-0.15, -0.1) is 0 Å². The van der Waals surface area contributed by atoms with Crippen LogP contribution in [0.5, 0.6) is 0 Å². The molecule has 0 bridgehead atoms. The van der Waals surface area contributed by atoms with Gasteiger partial charge in [0.25, 0.3) is 0 Å². The van der Waals surface area contributed by atoms with Crippen molar-refractivity contribution in [2.75, 3.05) is 11.9 Å². The van der Waals surface area contributed by atoms with Crippen molar-refractivity contribution in [1.82, 2.24) is 0 Å². The van der Waals surface area contributed by atoms with E-state index in [9.17, 15) is 4.39 Å². The van der Waals surface area contributed by atoms with Crippen LogP contribution in [0.15, 0.2) is 18.2 Å². The van der Waals surface area contributed by atoms with Crippen LogP contribution < -0.4 is 11.1 Å². The Balaban J connectivity index is 2.31. The van der Waals surface area contributed by atoms with E-state index < -0.39 is 0 Å². The zero-order valence-electron chi connectivity index (χ0n) is 10.9. The highest BCUT2D eigenvalue weighted by Crippen LogP contribution is 2.47. The highest BCUT2D eigenvalue weighted by molar-refractivity contribution is 6.30. The van der Waals surface area contributed by atoms with Crippen LogP contribution in [-0.2, 0) is 0 Å². The van der Waals surface area contributed by atoms with Gasteiger partial charge >= 0.3 is 0 Å². The minimum absolute atomic E-state index is 0.0978. The van der Waals surface area contributed by atoms with Crippen LogP contribution in [0.2, 0.25) is 5.02 Å². The number of nitrogens with two attached hydrogens (primary N) is 1. The van der Waals surface area contributed by atoms with Crippen molar-refractivity contribution in [3.63, 3.8) is 0 Å². The lowest BCUT2D eigenvalue weighted by Crippen LogP contribution is -2.53. The summed E-state index contributed by atoms with van der Waals surface area (Å²) in [5, 5.41) is 3.83. The molecule has 1 saturated carbocycles. The van der Waals surface area contributed by atoms with Crippen molar-refractivity contribution in [3.05, 3.63) is 29.0 Å². The number of rotatable bonds is 3. The number of halogens is 2. The van der Waals surface area contributed by atoms with Crippen LogP contribution in [0.4, 0.5) is 10.1 Å². The minimum atomic E-state index is -0.326. The first-order valence-corrected chi connectivity index (χ1v) is 6.71. The SMILES string of the molecule is CC1(C)CCCC1(CN)Nc1cc(F)cc(Cl)c1. The summed E-state index contributed by atoms with van der Waals surface area (Å²) in [6, 6.07) is 4.52. The Hall–Kier alpha value is -0.800. The topological polar surface area (TPSA) is 38.0 Å². The van der Waals surface area contributed by atoms with Crippen molar-refractivity contribution in [2.24, 2.45) is 11.1 Å². The fourth-order valence-electron chi connectivity index (χ4n) is 2.97. The lowest BCUT2D eigenvalue weighted by molar-refractivity contribution is 0.239. The van der Waals surface area contributed by atoms with Crippen molar-refractivity contribution in [1.29, 1.82) is 0 Å². The predicted octanol–water partition coefficient (Wildman–Crippen LogP) is 3.80. The van der Waals surface area contributed by atoms with Crippen molar-refractivity contribution in [3.8, 4) is 0 Å². The molecule has 4 heteroatoms. The van der Waals surface area contributed by atoms with E-state index >= 15 is 0 Å². The third-order valence-corrected chi connectivity index (χ3v) is 4.51. The molecule has 1 aromatic carbocycles. The molecule has 0 aliphatic heterocycles. The molecule has 1 aromatic rings. The molecule has 0 amide bonds. The van der Waals surface area contributed by atoms with Gasteiger partial charge in [-0.25, -0.2) is 4.39 Å². The van der Waals surface area contributed by atoms with Gasteiger partial charge in [0, 0.05) is 17.3 Å². The van der Waals surface area contributed by atoms with Gasteiger partial charge in [-0.05, 0) is 36.5 Å². The molecule has 0 radical (unpaired) electrons. The average molecular weight is 271 g/mol. The highest BCUT2D eigenvalue weighted by Gasteiger charge is 2.47. The van der Waals surface area contributed by atoms with Crippen LogP contribution in [0.3, 0.4) is 0 Å². The van der Waals surface area contributed by atoms with Crippen molar-refractivity contribution in [2.45, 2.75) is 38.6 Å². The molecule has 2 nitrogen and oxygen atoms in total. The van der Waals surface area contributed by atoms with Gasteiger partial charge in [-0.3, -0.25) is 0 Å². The van der Waals surface area contributed by atoms with E-state index in [-0.39, 0.29) is 16.8 Å². The Morgan fingerprint density at radius 1 is 1.33 bits per heavy atom. The van der Waals surface area contributed by atoms with Gasteiger partial charge in [-0.1, -0.05) is 31.9 Å². The summed E-state index contributed by atoms with van der Waals surface area (Å²) in [5.41, 5.74) is 6.61. The average Bonchev–Trinajstić information content (AvgIpc) is 2.53. The quantitative estimate of drug-likeness (QED) is 0.877. The molecule has 0 saturated heterocycles. The van der Waals surface area contributed by atoms with Gasteiger partial charge < -0.3 is 11.1 Å². The summed E-state index contributed by atoms with van der Waals surface area (Å²) in [6.07, 6.45) is 3.27. The second-order valence-electron chi connectivity index (χ2n) is 5.81. The van der Waals surface area contributed by atoms with Gasteiger partial charge in [0.1, 0.15) is 5.82 Å². The van der Waals surface area contributed by atoms with Crippen LogP contribution >= 0.6 is 11.6 Å². The van der Waals surface area contributed by atoms with Crippen LogP contribution in [0.1, 0.15) is 33.1 Å². The van der Waals surface area contributed by atoms with Crippen LogP contribution in [0, 0.1) is 11.2 Å². The molecule has 0 spiro atoms. The van der Waals surface area contributed by atoms with Gasteiger partial charge in [0.2, 0.25) is 0 Å². The second-order valence-corrected chi connectivity index (χ2v) is 6.24.